The number of hydrogen-bond acceptors (Lipinski definition) is 5. The minimum absolute atomic E-state index is 0.389. The first-order valence-corrected chi connectivity index (χ1v) is 10.3. The molecule has 1 fully saturated rings. The lowest BCUT2D eigenvalue weighted by Crippen LogP contribution is -2.21. The zero-order valence-electron chi connectivity index (χ0n) is 12.2. The Kier molecular flexibility index (Phi) is 9.11. The zero-order valence-corrected chi connectivity index (χ0v) is 13.8. The number of hydrogen-bond donors (Lipinski definition) is 2. The van der Waals surface area contributed by atoms with Crippen molar-refractivity contribution < 1.29 is 17.7 Å². The maximum atomic E-state index is 10.5. The molecule has 2 N–H and O–H groups in total. The molecule has 0 atom stereocenters. The van der Waals surface area contributed by atoms with E-state index in [1.165, 1.54) is 38.5 Å². The second-order valence-corrected chi connectivity index (χ2v) is 8.84. The van der Waals surface area contributed by atoms with Gasteiger partial charge in [0.05, 0.1) is 6.10 Å². The highest BCUT2D eigenvalue weighted by molar-refractivity contribution is 8.69. The summed E-state index contributed by atoms with van der Waals surface area (Å²) in [6.45, 7) is 1.53. The maximum absolute atomic E-state index is 10.5. The molecule has 20 heavy (non-hydrogen) atoms. The van der Waals surface area contributed by atoms with Crippen molar-refractivity contribution in [1.29, 1.82) is 0 Å². The summed E-state index contributed by atoms with van der Waals surface area (Å²) in [6, 6.07) is 0. The standard InChI is InChI=1S/C13H27NO4S2/c1-18-13-7-5-12(6-8-13)4-2-3-9-14-10-11-19-20(15,16)17/h12-14H,2-11H2,1H3,(H,15,16,17). The summed E-state index contributed by atoms with van der Waals surface area (Å²) in [7, 11) is -1.50. The van der Waals surface area contributed by atoms with E-state index in [-0.39, 0.29) is 0 Å². The van der Waals surface area contributed by atoms with Gasteiger partial charge in [0, 0.05) is 19.4 Å². The molecule has 0 unspecified atom stereocenters. The number of unbranched alkanes of at least 4 members (excludes halogenated alkanes) is 1. The highest BCUT2D eigenvalue weighted by Gasteiger charge is 2.20. The topological polar surface area (TPSA) is 75.6 Å². The molecule has 0 amide bonds. The van der Waals surface area contributed by atoms with Crippen LogP contribution in [-0.2, 0) is 13.9 Å². The third-order valence-electron chi connectivity index (χ3n) is 3.85. The van der Waals surface area contributed by atoms with Crippen LogP contribution in [0.4, 0.5) is 0 Å². The highest BCUT2D eigenvalue weighted by Crippen LogP contribution is 2.29. The second kappa shape index (κ2) is 10.00. The summed E-state index contributed by atoms with van der Waals surface area (Å²) < 4.78 is 34.8. The van der Waals surface area contributed by atoms with E-state index in [9.17, 15) is 8.42 Å². The van der Waals surface area contributed by atoms with Crippen molar-refractivity contribution in [1.82, 2.24) is 5.32 Å². The fraction of sp³-hybridized carbons (Fsp3) is 1.00. The quantitative estimate of drug-likeness (QED) is 0.365. The van der Waals surface area contributed by atoms with E-state index >= 15 is 0 Å². The van der Waals surface area contributed by atoms with Crippen molar-refractivity contribution in [3.05, 3.63) is 0 Å². The fourth-order valence-corrected chi connectivity index (χ4v) is 4.00. The van der Waals surface area contributed by atoms with Crippen molar-refractivity contribution >= 4 is 19.9 Å². The van der Waals surface area contributed by atoms with Crippen LogP contribution in [-0.4, -0.2) is 45.0 Å². The normalized spacial score (nSPS) is 23.9. The number of nitrogens with one attached hydrogen (secondary N) is 1. The van der Waals surface area contributed by atoms with Gasteiger partial charge in [0.1, 0.15) is 0 Å². The molecule has 1 rings (SSSR count). The van der Waals surface area contributed by atoms with Crippen molar-refractivity contribution in [2.75, 3.05) is 26.0 Å². The van der Waals surface area contributed by atoms with Crippen LogP contribution in [0.2, 0.25) is 0 Å². The Bertz CT molecular complexity index is 340. The van der Waals surface area contributed by atoms with Crippen molar-refractivity contribution in [2.24, 2.45) is 5.92 Å². The van der Waals surface area contributed by atoms with Gasteiger partial charge in [-0.25, -0.2) is 0 Å². The predicted molar refractivity (Wildman–Crippen MR) is 83.5 cm³/mol. The van der Waals surface area contributed by atoms with Gasteiger partial charge in [-0.2, -0.15) is 8.42 Å². The minimum atomic E-state index is -3.88. The average molecular weight is 325 g/mol. The summed E-state index contributed by atoms with van der Waals surface area (Å²) in [5, 5.41) is 3.20. The van der Waals surface area contributed by atoms with Gasteiger partial charge in [0.15, 0.2) is 0 Å². The Balaban J connectivity index is 1.88. The van der Waals surface area contributed by atoms with Gasteiger partial charge in [-0.05, 0) is 55.4 Å². The van der Waals surface area contributed by atoms with Crippen LogP contribution in [0.1, 0.15) is 44.9 Å². The molecule has 0 aromatic rings. The van der Waals surface area contributed by atoms with Gasteiger partial charge in [-0.1, -0.05) is 12.8 Å². The van der Waals surface area contributed by atoms with E-state index in [0.29, 0.717) is 29.2 Å². The average Bonchev–Trinajstić information content (AvgIpc) is 2.41. The molecular weight excluding hydrogens is 298 g/mol. The summed E-state index contributed by atoms with van der Waals surface area (Å²) in [5.74, 6) is 1.25. The first-order valence-electron chi connectivity index (χ1n) is 7.36. The van der Waals surface area contributed by atoms with Gasteiger partial charge >= 0.3 is 9.15 Å². The molecule has 1 saturated carbocycles. The zero-order chi connectivity index (χ0) is 14.8. The van der Waals surface area contributed by atoms with E-state index in [0.717, 1.165) is 18.9 Å². The monoisotopic (exact) mass is 325 g/mol. The Morgan fingerprint density at radius 2 is 1.90 bits per heavy atom. The lowest BCUT2D eigenvalue weighted by molar-refractivity contribution is 0.0552. The Hall–Kier alpha value is 0.180. The van der Waals surface area contributed by atoms with Crippen molar-refractivity contribution in [3.8, 4) is 0 Å². The summed E-state index contributed by atoms with van der Waals surface area (Å²) in [5.41, 5.74) is 0. The van der Waals surface area contributed by atoms with Crippen LogP contribution < -0.4 is 5.32 Å². The third kappa shape index (κ3) is 9.18. The van der Waals surface area contributed by atoms with E-state index in [1.807, 2.05) is 0 Å². The third-order valence-corrected chi connectivity index (χ3v) is 5.92. The van der Waals surface area contributed by atoms with Gasteiger partial charge in [0.25, 0.3) is 0 Å². The first-order chi connectivity index (χ1) is 9.51. The van der Waals surface area contributed by atoms with Crippen LogP contribution >= 0.6 is 10.8 Å². The molecule has 0 bridgehead atoms. The minimum Gasteiger partial charge on any atom is -0.381 e. The first kappa shape index (κ1) is 18.2. The number of rotatable bonds is 10. The molecule has 0 saturated heterocycles. The molecule has 0 aromatic carbocycles. The molecule has 0 spiro atoms. The summed E-state index contributed by atoms with van der Waals surface area (Å²) in [4.78, 5) is 0. The molecule has 0 heterocycles. The van der Waals surface area contributed by atoms with Gasteiger partial charge in [0.2, 0.25) is 0 Å². The van der Waals surface area contributed by atoms with E-state index in [2.05, 4.69) is 5.32 Å². The van der Waals surface area contributed by atoms with E-state index in [4.69, 9.17) is 9.29 Å². The van der Waals surface area contributed by atoms with E-state index < -0.39 is 9.15 Å². The highest BCUT2D eigenvalue weighted by atomic mass is 33.1. The molecule has 120 valence electrons. The predicted octanol–water partition coefficient (Wildman–Crippen LogP) is 2.49. The molecule has 0 radical (unpaired) electrons. The molecule has 0 aliphatic heterocycles. The smallest absolute Gasteiger partial charge is 0.319 e. The van der Waals surface area contributed by atoms with Crippen LogP contribution in [0.15, 0.2) is 0 Å². The molecule has 5 nitrogen and oxygen atoms in total. The second-order valence-electron chi connectivity index (χ2n) is 5.37. The lowest BCUT2D eigenvalue weighted by Gasteiger charge is -2.27. The Morgan fingerprint density at radius 3 is 2.50 bits per heavy atom. The van der Waals surface area contributed by atoms with Gasteiger partial charge < -0.3 is 10.1 Å². The van der Waals surface area contributed by atoms with Crippen molar-refractivity contribution in [2.45, 2.75) is 51.0 Å². The van der Waals surface area contributed by atoms with Crippen LogP contribution in [0.3, 0.4) is 0 Å². The summed E-state index contributed by atoms with van der Waals surface area (Å²) in [6.07, 6.45) is 9.10. The maximum Gasteiger partial charge on any atom is 0.319 e. The summed E-state index contributed by atoms with van der Waals surface area (Å²) >= 11 is 0. The van der Waals surface area contributed by atoms with Crippen LogP contribution in [0.5, 0.6) is 0 Å². The Labute approximate surface area is 126 Å². The molecular formula is C13H27NO4S2. The van der Waals surface area contributed by atoms with Crippen molar-refractivity contribution in [3.63, 3.8) is 0 Å². The Morgan fingerprint density at radius 1 is 1.20 bits per heavy atom. The van der Waals surface area contributed by atoms with Gasteiger partial charge in [-0.3, -0.25) is 4.55 Å². The fourth-order valence-electron chi connectivity index (χ4n) is 2.68. The largest absolute Gasteiger partial charge is 0.381 e. The molecule has 1 aliphatic carbocycles. The van der Waals surface area contributed by atoms with Crippen LogP contribution in [0, 0.1) is 5.92 Å². The molecule has 7 heteroatoms. The molecule has 1 aliphatic rings. The van der Waals surface area contributed by atoms with Crippen LogP contribution in [0.25, 0.3) is 0 Å². The lowest BCUT2D eigenvalue weighted by atomic mass is 9.84. The SMILES string of the molecule is COC1CCC(CCCCNCCSS(=O)(=O)O)CC1. The number of methoxy groups -OCH3 is 1. The number of ether oxygens (including phenoxy) is 1. The van der Waals surface area contributed by atoms with Gasteiger partial charge in [-0.15, -0.1) is 0 Å². The molecule has 0 aromatic heterocycles. The van der Waals surface area contributed by atoms with E-state index in [1.54, 1.807) is 7.11 Å².